The minimum absolute atomic E-state index is 0. The van der Waals surface area contributed by atoms with E-state index < -0.39 is 5.97 Å². The van der Waals surface area contributed by atoms with Crippen molar-refractivity contribution in [2.75, 3.05) is 13.6 Å². The molecule has 0 aromatic heterocycles. The monoisotopic (exact) mass is 199 g/mol. The van der Waals surface area contributed by atoms with Crippen LogP contribution >= 0.6 is 13.5 Å². The minimum atomic E-state index is -0.722. The third kappa shape index (κ3) is 24.5. The molecule has 2 N–H and O–H groups in total. The molecule has 6 heteroatoms. The summed E-state index contributed by atoms with van der Waals surface area (Å²) in [5.41, 5.74) is 0. The fourth-order valence-electron chi connectivity index (χ4n) is 0.416. The van der Waals surface area contributed by atoms with Crippen LogP contribution in [0.2, 0.25) is 0 Å². The van der Waals surface area contributed by atoms with E-state index in [0.717, 1.165) is 6.54 Å². The number of carboxylic acids is 1. The zero-order valence-corrected chi connectivity index (χ0v) is 6.48. The van der Waals surface area contributed by atoms with Crippen LogP contribution in [-0.4, -0.2) is 83.8 Å². The molecule has 0 heterocycles. The molecule has 0 spiro atoms. The molecule has 3 nitrogen and oxygen atoms in total. The normalized spacial score (nSPS) is 6.64. The number of hydrogen-bond donors (Lipinski definition) is 2. The first-order valence-corrected chi connectivity index (χ1v) is 2.63. The summed E-state index contributed by atoms with van der Waals surface area (Å²) < 4.78 is 0. The van der Waals surface area contributed by atoms with Crippen LogP contribution < -0.4 is 5.32 Å². The van der Waals surface area contributed by atoms with E-state index >= 15 is 0 Å². The van der Waals surface area contributed by atoms with Gasteiger partial charge in [0, 0.05) is 6.42 Å². The van der Waals surface area contributed by atoms with Crippen molar-refractivity contribution in [3.63, 3.8) is 0 Å². The van der Waals surface area contributed by atoms with Crippen LogP contribution in [0.1, 0.15) is 12.8 Å². The SMILES string of the molecule is CNCCCC(=O)O.S.[NaH].[NaH]. The molecule has 0 rings (SSSR count). The third-order valence-corrected chi connectivity index (χ3v) is 0.817. The molecule has 0 amide bonds. The molecule has 60 valence electrons. The molecule has 0 aliphatic carbocycles. The van der Waals surface area contributed by atoms with Crippen molar-refractivity contribution in [3.8, 4) is 0 Å². The molecule has 0 saturated carbocycles. The molecule has 0 fully saturated rings. The second kappa shape index (κ2) is 17.8. The summed E-state index contributed by atoms with van der Waals surface area (Å²) in [7, 11) is 1.81. The van der Waals surface area contributed by atoms with Gasteiger partial charge in [-0.15, -0.1) is 0 Å². The number of rotatable bonds is 4. The van der Waals surface area contributed by atoms with Gasteiger partial charge in [-0.1, -0.05) is 0 Å². The Bertz CT molecular complexity index is 84.9. The molecule has 0 atom stereocenters. The molecule has 0 aliphatic rings. The molecule has 0 radical (unpaired) electrons. The Morgan fingerprint density at radius 2 is 1.91 bits per heavy atom. The van der Waals surface area contributed by atoms with E-state index in [-0.39, 0.29) is 79.0 Å². The average Bonchev–Trinajstić information content (AvgIpc) is 1.66. The second-order valence-corrected chi connectivity index (χ2v) is 1.60. The van der Waals surface area contributed by atoms with Gasteiger partial charge in [0.1, 0.15) is 0 Å². The Kier molecular flexibility index (Phi) is 37.1. The van der Waals surface area contributed by atoms with Crippen LogP contribution in [0.25, 0.3) is 0 Å². The predicted octanol–water partition coefficient (Wildman–Crippen LogP) is -1.11. The van der Waals surface area contributed by atoms with Crippen LogP contribution in [0.3, 0.4) is 0 Å². The van der Waals surface area contributed by atoms with Crippen LogP contribution in [0.5, 0.6) is 0 Å². The van der Waals surface area contributed by atoms with E-state index in [1.807, 2.05) is 7.05 Å². The Balaban J connectivity index is -0.0000000817. The van der Waals surface area contributed by atoms with E-state index in [1.54, 1.807) is 0 Å². The predicted molar refractivity (Wildman–Crippen MR) is 55.5 cm³/mol. The van der Waals surface area contributed by atoms with Crippen LogP contribution in [0.15, 0.2) is 0 Å². The summed E-state index contributed by atoms with van der Waals surface area (Å²) in [6.07, 6.45) is 0.979. The van der Waals surface area contributed by atoms with Gasteiger partial charge in [0.05, 0.1) is 0 Å². The van der Waals surface area contributed by atoms with Crippen LogP contribution in [0.4, 0.5) is 0 Å². The van der Waals surface area contributed by atoms with E-state index in [2.05, 4.69) is 5.32 Å². The quantitative estimate of drug-likeness (QED) is 0.446. The van der Waals surface area contributed by atoms with Gasteiger partial charge in [-0.05, 0) is 20.0 Å². The number of aliphatic carboxylic acids is 1. The standard InChI is InChI=1S/C5H11NO2.2Na.H2S.2H/c1-6-4-2-3-5(7)8;;;;;/h6H,2-4H2,1H3,(H,7,8);;;1H2;;. The molecular formula is C5H15NNa2O2S. The summed E-state index contributed by atoms with van der Waals surface area (Å²) in [5, 5.41) is 11.0. The van der Waals surface area contributed by atoms with Gasteiger partial charge >= 0.3 is 65.1 Å². The zero-order valence-electron chi connectivity index (χ0n) is 5.48. The van der Waals surface area contributed by atoms with Crippen molar-refractivity contribution < 1.29 is 9.90 Å². The summed E-state index contributed by atoms with van der Waals surface area (Å²) in [6, 6.07) is 0. The maximum atomic E-state index is 9.85. The molecule has 0 aromatic carbocycles. The van der Waals surface area contributed by atoms with Crippen molar-refractivity contribution in [2.24, 2.45) is 0 Å². The maximum absolute atomic E-state index is 9.85. The first-order chi connectivity index (χ1) is 3.77. The first-order valence-electron chi connectivity index (χ1n) is 2.63. The Morgan fingerprint density at radius 1 is 1.45 bits per heavy atom. The number of nitrogens with one attached hydrogen (secondary N) is 1. The fourth-order valence-corrected chi connectivity index (χ4v) is 0.416. The van der Waals surface area contributed by atoms with E-state index in [0.29, 0.717) is 6.42 Å². The molecule has 0 saturated heterocycles. The molecule has 11 heavy (non-hydrogen) atoms. The molecule has 0 aromatic rings. The van der Waals surface area contributed by atoms with Gasteiger partial charge in [0.2, 0.25) is 0 Å². The molecule has 0 unspecified atom stereocenters. The Hall–Kier alpha value is 1.78. The zero-order chi connectivity index (χ0) is 6.41. The van der Waals surface area contributed by atoms with Gasteiger partial charge in [0.15, 0.2) is 0 Å². The average molecular weight is 199 g/mol. The number of carboxylic acid groups (broad SMARTS) is 1. The first kappa shape index (κ1) is 23.0. The van der Waals surface area contributed by atoms with Gasteiger partial charge in [-0.25, -0.2) is 0 Å². The Labute approximate surface area is 119 Å². The Morgan fingerprint density at radius 3 is 2.18 bits per heavy atom. The van der Waals surface area contributed by atoms with Gasteiger partial charge < -0.3 is 10.4 Å². The van der Waals surface area contributed by atoms with Crippen molar-refractivity contribution >= 4 is 78.6 Å². The second-order valence-electron chi connectivity index (χ2n) is 1.60. The van der Waals surface area contributed by atoms with E-state index in [9.17, 15) is 4.79 Å². The summed E-state index contributed by atoms with van der Waals surface area (Å²) in [4.78, 5) is 9.85. The number of hydrogen-bond acceptors (Lipinski definition) is 2. The van der Waals surface area contributed by atoms with Crippen LogP contribution in [-0.2, 0) is 4.79 Å². The van der Waals surface area contributed by atoms with Crippen molar-refractivity contribution in [1.29, 1.82) is 0 Å². The fraction of sp³-hybridized carbons (Fsp3) is 0.800. The van der Waals surface area contributed by atoms with Gasteiger partial charge in [-0.2, -0.15) is 13.5 Å². The van der Waals surface area contributed by atoms with E-state index in [4.69, 9.17) is 5.11 Å². The summed E-state index contributed by atoms with van der Waals surface area (Å²) in [5.74, 6) is -0.722. The van der Waals surface area contributed by atoms with Crippen molar-refractivity contribution in [2.45, 2.75) is 12.8 Å². The van der Waals surface area contributed by atoms with Crippen LogP contribution in [0, 0.1) is 0 Å². The van der Waals surface area contributed by atoms with Gasteiger partial charge in [-0.3, -0.25) is 4.79 Å². The third-order valence-electron chi connectivity index (χ3n) is 0.817. The van der Waals surface area contributed by atoms with Gasteiger partial charge in [0.25, 0.3) is 0 Å². The molecular weight excluding hydrogens is 184 g/mol. The molecule has 0 aliphatic heterocycles. The van der Waals surface area contributed by atoms with E-state index in [1.165, 1.54) is 0 Å². The van der Waals surface area contributed by atoms with Crippen molar-refractivity contribution in [1.82, 2.24) is 5.32 Å². The number of carbonyl (C=O) groups is 1. The summed E-state index contributed by atoms with van der Waals surface area (Å²) in [6.45, 7) is 0.784. The summed E-state index contributed by atoms with van der Waals surface area (Å²) >= 11 is 0. The molecule has 0 bridgehead atoms. The van der Waals surface area contributed by atoms with Crippen molar-refractivity contribution in [3.05, 3.63) is 0 Å². The topological polar surface area (TPSA) is 49.3 Å².